The van der Waals surface area contributed by atoms with Gasteiger partial charge in [-0.1, -0.05) is 26.8 Å². The third kappa shape index (κ3) is 3.23. The Bertz CT molecular complexity index is 905. The third-order valence-electron chi connectivity index (χ3n) is 3.73. The van der Waals surface area contributed by atoms with Crippen LogP contribution in [0.1, 0.15) is 31.7 Å². The maximum Gasteiger partial charge on any atom is 0.261 e. The van der Waals surface area contributed by atoms with Gasteiger partial charge in [0.05, 0.1) is 18.6 Å². The summed E-state index contributed by atoms with van der Waals surface area (Å²) in [5.74, 6) is -0.171. The fourth-order valence-electron chi connectivity index (χ4n) is 2.53. The molecule has 0 aliphatic carbocycles. The quantitative estimate of drug-likeness (QED) is 0.757. The highest BCUT2D eigenvalue weighted by Gasteiger charge is 2.28. The lowest BCUT2D eigenvalue weighted by atomic mass is 9.86. The first-order valence-corrected chi connectivity index (χ1v) is 8.46. The second-order valence-electron chi connectivity index (χ2n) is 6.65. The Morgan fingerprint density at radius 3 is 2.92 bits per heavy atom. The van der Waals surface area contributed by atoms with Crippen LogP contribution in [-0.2, 0) is 11.3 Å². The number of rotatable bonds is 4. The molecule has 1 atom stereocenters. The molecule has 24 heavy (non-hydrogen) atoms. The number of nitrogens with zero attached hydrogens (tertiary/aromatic N) is 3. The van der Waals surface area contributed by atoms with Crippen molar-refractivity contribution in [3.05, 3.63) is 45.3 Å². The van der Waals surface area contributed by atoms with Gasteiger partial charge in [-0.15, -0.1) is 11.3 Å². The molecule has 0 saturated carbocycles. The number of thiophene rings is 1. The van der Waals surface area contributed by atoms with E-state index in [0.29, 0.717) is 11.0 Å². The summed E-state index contributed by atoms with van der Waals surface area (Å²) >= 11 is 1.62. The molecule has 8 heteroatoms. The molecule has 3 heterocycles. The van der Waals surface area contributed by atoms with E-state index in [9.17, 15) is 9.59 Å². The lowest BCUT2D eigenvalue weighted by Gasteiger charge is -2.30. The van der Waals surface area contributed by atoms with E-state index in [0.717, 1.165) is 4.88 Å². The van der Waals surface area contributed by atoms with Crippen molar-refractivity contribution >= 4 is 28.3 Å². The van der Waals surface area contributed by atoms with Gasteiger partial charge in [0.1, 0.15) is 11.9 Å². The predicted molar refractivity (Wildman–Crippen MR) is 92.8 cm³/mol. The molecular formula is C16H19N5O2S. The molecule has 7 nitrogen and oxygen atoms in total. The van der Waals surface area contributed by atoms with E-state index in [2.05, 4.69) is 41.2 Å². The van der Waals surface area contributed by atoms with Gasteiger partial charge in [0, 0.05) is 4.88 Å². The summed E-state index contributed by atoms with van der Waals surface area (Å²) in [6.45, 7) is 6.27. The van der Waals surface area contributed by atoms with E-state index in [1.807, 2.05) is 17.5 Å². The smallest absolute Gasteiger partial charge is 0.261 e. The maximum atomic E-state index is 12.5. The van der Waals surface area contributed by atoms with Gasteiger partial charge in [-0.25, -0.2) is 9.67 Å². The summed E-state index contributed by atoms with van der Waals surface area (Å²) < 4.78 is 1.44. The van der Waals surface area contributed by atoms with E-state index in [4.69, 9.17) is 0 Å². The molecule has 1 amide bonds. The van der Waals surface area contributed by atoms with Gasteiger partial charge in [-0.2, -0.15) is 5.10 Å². The molecule has 3 aromatic rings. The van der Waals surface area contributed by atoms with Crippen molar-refractivity contribution in [1.82, 2.24) is 25.1 Å². The van der Waals surface area contributed by atoms with Crippen LogP contribution in [0.5, 0.6) is 0 Å². The highest BCUT2D eigenvalue weighted by Crippen LogP contribution is 2.35. The normalized spacial score (nSPS) is 13.1. The van der Waals surface area contributed by atoms with E-state index >= 15 is 0 Å². The SMILES string of the molecule is CC(C)(C)[C@H](NC(=O)Cn1ncc2c(=O)[nH]cnc21)c1cccs1. The van der Waals surface area contributed by atoms with Gasteiger partial charge in [0.25, 0.3) is 5.56 Å². The minimum absolute atomic E-state index is 0.0118. The van der Waals surface area contributed by atoms with Crippen LogP contribution in [0.15, 0.2) is 34.8 Å². The van der Waals surface area contributed by atoms with Crippen molar-refractivity contribution in [2.24, 2.45) is 5.41 Å². The van der Waals surface area contributed by atoms with Gasteiger partial charge in [-0.05, 0) is 16.9 Å². The Balaban J connectivity index is 1.81. The van der Waals surface area contributed by atoms with Crippen LogP contribution >= 0.6 is 11.3 Å². The number of aromatic nitrogens is 4. The summed E-state index contributed by atoms with van der Waals surface area (Å²) in [4.78, 5) is 31.9. The van der Waals surface area contributed by atoms with Crippen molar-refractivity contribution in [3.8, 4) is 0 Å². The van der Waals surface area contributed by atoms with Gasteiger partial charge < -0.3 is 10.3 Å². The molecule has 0 bridgehead atoms. The van der Waals surface area contributed by atoms with Gasteiger partial charge in [-0.3, -0.25) is 9.59 Å². The average molecular weight is 345 g/mol. The monoisotopic (exact) mass is 345 g/mol. The molecule has 0 aliphatic heterocycles. The molecule has 0 aromatic carbocycles. The van der Waals surface area contributed by atoms with Gasteiger partial charge in [0.2, 0.25) is 5.91 Å². The van der Waals surface area contributed by atoms with Crippen LogP contribution in [0.3, 0.4) is 0 Å². The Labute approximate surface area is 142 Å². The van der Waals surface area contributed by atoms with Crippen molar-refractivity contribution in [1.29, 1.82) is 0 Å². The molecule has 0 fully saturated rings. The van der Waals surface area contributed by atoms with Crippen LogP contribution in [0.25, 0.3) is 11.0 Å². The number of H-pyrrole nitrogens is 1. The topological polar surface area (TPSA) is 92.7 Å². The summed E-state index contributed by atoms with van der Waals surface area (Å²) in [6.07, 6.45) is 2.74. The average Bonchev–Trinajstić information content (AvgIpc) is 3.15. The van der Waals surface area contributed by atoms with Crippen LogP contribution < -0.4 is 10.9 Å². The molecule has 0 unspecified atom stereocenters. The molecule has 0 radical (unpaired) electrons. The molecule has 3 aromatic heterocycles. The summed E-state index contributed by atoms with van der Waals surface area (Å²) in [7, 11) is 0. The molecule has 2 N–H and O–H groups in total. The van der Waals surface area contributed by atoms with Crippen LogP contribution in [0, 0.1) is 5.41 Å². The van der Waals surface area contributed by atoms with Crippen molar-refractivity contribution in [3.63, 3.8) is 0 Å². The zero-order valence-electron chi connectivity index (χ0n) is 13.7. The van der Waals surface area contributed by atoms with E-state index < -0.39 is 0 Å². The zero-order valence-corrected chi connectivity index (χ0v) is 14.6. The number of amides is 1. The molecule has 0 spiro atoms. The lowest BCUT2D eigenvalue weighted by Crippen LogP contribution is -2.38. The van der Waals surface area contributed by atoms with Crippen LogP contribution in [0.4, 0.5) is 0 Å². The Morgan fingerprint density at radius 2 is 2.25 bits per heavy atom. The Morgan fingerprint density at radius 1 is 1.46 bits per heavy atom. The summed E-state index contributed by atoms with van der Waals surface area (Å²) in [5.41, 5.74) is 0.0115. The van der Waals surface area contributed by atoms with Crippen LogP contribution in [0.2, 0.25) is 0 Å². The number of hydrogen-bond donors (Lipinski definition) is 2. The number of carbonyl (C=O) groups is 1. The van der Waals surface area contributed by atoms with E-state index in [1.165, 1.54) is 17.2 Å². The number of carbonyl (C=O) groups excluding carboxylic acids is 1. The number of hydrogen-bond acceptors (Lipinski definition) is 5. The summed E-state index contributed by atoms with van der Waals surface area (Å²) in [6, 6.07) is 3.90. The van der Waals surface area contributed by atoms with Crippen LogP contribution in [-0.4, -0.2) is 25.7 Å². The van der Waals surface area contributed by atoms with Crippen molar-refractivity contribution < 1.29 is 4.79 Å². The fourth-order valence-corrected chi connectivity index (χ4v) is 3.55. The maximum absolute atomic E-state index is 12.5. The molecule has 126 valence electrons. The highest BCUT2D eigenvalue weighted by atomic mass is 32.1. The second-order valence-corrected chi connectivity index (χ2v) is 7.63. The summed E-state index contributed by atoms with van der Waals surface area (Å²) in [5, 5.41) is 9.55. The van der Waals surface area contributed by atoms with Crippen molar-refractivity contribution in [2.75, 3.05) is 0 Å². The van der Waals surface area contributed by atoms with E-state index in [1.54, 1.807) is 11.3 Å². The van der Waals surface area contributed by atoms with E-state index in [-0.39, 0.29) is 29.5 Å². The third-order valence-corrected chi connectivity index (χ3v) is 4.67. The minimum Gasteiger partial charge on any atom is -0.346 e. The van der Waals surface area contributed by atoms with Crippen molar-refractivity contribution in [2.45, 2.75) is 33.4 Å². The predicted octanol–water partition coefficient (Wildman–Crippen LogP) is 2.08. The first-order chi connectivity index (χ1) is 11.4. The Hall–Kier alpha value is -2.48. The molecule has 0 saturated heterocycles. The number of nitrogens with one attached hydrogen (secondary N) is 2. The molecule has 3 rings (SSSR count). The largest absolute Gasteiger partial charge is 0.346 e. The van der Waals surface area contributed by atoms with Gasteiger partial charge >= 0.3 is 0 Å². The zero-order chi connectivity index (χ0) is 17.3. The number of aromatic amines is 1. The lowest BCUT2D eigenvalue weighted by molar-refractivity contribution is -0.123. The minimum atomic E-state index is -0.266. The first kappa shape index (κ1) is 16.4. The highest BCUT2D eigenvalue weighted by molar-refractivity contribution is 7.10. The molecule has 0 aliphatic rings. The van der Waals surface area contributed by atoms with Gasteiger partial charge in [0.15, 0.2) is 5.65 Å². The standard InChI is InChI=1S/C16H19N5O2S/c1-16(2,3)13(11-5-4-6-24-11)20-12(22)8-21-14-10(7-19-21)15(23)18-9-17-14/h4-7,9,13H,8H2,1-3H3,(H,20,22)(H,17,18,23)/t13-/m1/s1. The second kappa shape index (κ2) is 6.20. The first-order valence-electron chi connectivity index (χ1n) is 7.58. The number of fused-ring (bicyclic) bond motifs is 1. The fraction of sp³-hybridized carbons (Fsp3) is 0.375. The molecular weight excluding hydrogens is 326 g/mol. The Kier molecular flexibility index (Phi) is 4.23.